The van der Waals surface area contributed by atoms with E-state index in [1.165, 1.54) is 4.90 Å². The molecule has 2 aromatic carbocycles. The van der Waals surface area contributed by atoms with Crippen LogP contribution in [0, 0.1) is 6.92 Å². The van der Waals surface area contributed by atoms with Gasteiger partial charge in [0, 0.05) is 35.6 Å². The lowest BCUT2D eigenvalue weighted by Crippen LogP contribution is -2.37. The van der Waals surface area contributed by atoms with Gasteiger partial charge in [0.2, 0.25) is 12.7 Å². The van der Waals surface area contributed by atoms with Crippen LogP contribution in [-0.2, 0) is 4.79 Å². The van der Waals surface area contributed by atoms with E-state index in [0.717, 1.165) is 11.3 Å². The Balaban J connectivity index is 1.41. The number of ether oxygens (including phenoxy) is 2. The van der Waals surface area contributed by atoms with Crippen molar-refractivity contribution >= 4 is 34.9 Å². The number of carbonyl (C=O) groups excluding carboxylic acids is 2. The van der Waals surface area contributed by atoms with Gasteiger partial charge in [-0.15, -0.1) is 0 Å². The number of carbonyl (C=O) groups is 2. The molecule has 2 heterocycles. The van der Waals surface area contributed by atoms with Gasteiger partial charge < -0.3 is 19.7 Å². The molecule has 140 valence electrons. The van der Waals surface area contributed by atoms with Gasteiger partial charge in [0.15, 0.2) is 11.5 Å². The molecule has 0 spiro atoms. The molecule has 1 fully saturated rings. The van der Waals surface area contributed by atoms with Crippen LogP contribution in [0.15, 0.2) is 36.4 Å². The van der Waals surface area contributed by atoms with E-state index in [1.54, 1.807) is 29.2 Å². The summed E-state index contributed by atoms with van der Waals surface area (Å²) in [7, 11) is 0. The third kappa shape index (κ3) is 3.50. The number of benzene rings is 2. The number of hydrogen-bond acceptors (Lipinski definition) is 4. The number of fused-ring (bicyclic) bond motifs is 1. The lowest BCUT2D eigenvalue weighted by Gasteiger charge is -2.19. The van der Waals surface area contributed by atoms with Crippen LogP contribution in [0.1, 0.15) is 5.56 Å². The van der Waals surface area contributed by atoms with Crippen LogP contribution in [0.25, 0.3) is 0 Å². The van der Waals surface area contributed by atoms with Gasteiger partial charge in [-0.05, 0) is 36.8 Å². The molecule has 0 atom stereocenters. The number of rotatable bonds is 4. The zero-order valence-corrected chi connectivity index (χ0v) is 15.5. The summed E-state index contributed by atoms with van der Waals surface area (Å²) in [6, 6.07) is 10.4. The van der Waals surface area contributed by atoms with Crippen LogP contribution in [-0.4, -0.2) is 43.3 Å². The Morgan fingerprint density at radius 3 is 2.81 bits per heavy atom. The molecule has 2 aliphatic rings. The molecular formula is C19H18ClN3O4. The van der Waals surface area contributed by atoms with Gasteiger partial charge in [-0.1, -0.05) is 17.7 Å². The highest BCUT2D eigenvalue weighted by Gasteiger charge is 2.31. The minimum atomic E-state index is -0.263. The average molecular weight is 388 g/mol. The summed E-state index contributed by atoms with van der Waals surface area (Å²) in [4.78, 5) is 28.2. The van der Waals surface area contributed by atoms with Crippen LogP contribution in [0.3, 0.4) is 0 Å². The van der Waals surface area contributed by atoms with Crippen molar-refractivity contribution in [3.8, 4) is 11.5 Å². The molecule has 1 N–H and O–H groups in total. The molecule has 0 aromatic heterocycles. The zero-order chi connectivity index (χ0) is 19.0. The minimum absolute atomic E-state index is 0.0220. The monoisotopic (exact) mass is 387 g/mol. The Kier molecular flexibility index (Phi) is 4.53. The van der Waals surface area contributed by atoms with E-state index >= 15 is 0 Å². The summed E-state index contributed by atoms with van der Waals surface area (Å²) < 4.78 is 10.7. The van der Waals surface area contributed by atoms with E-state index in [0.29, 0.717) is 35.3 Å². The van der Waals surface area contributed by atoms with Crippen LogP contribution in [0.4, 0.5) is 16.2 Å². The van der Waals surface area contributed by atoms with E-state index in [2.05, 4.69) is 5.32 Å². The maximum Gasteiger partial charge on any atom is 0.325 e. The Morgan fingerprint density at radius 1 is 1.15 bits per heavy atom. The van der Waals surface area contributed by atoms with Crippen molar-refractivity contribution in [2.75, 3.05) is 36.6 Å². The Bertz CT molecular complexity index is 918. The van der Waals surface area contributed by atoms with Crippen LogP contribution in [0.5, 0.6) is 11.5 Å². The Hall–Kier alpha value is -2.93. The molecule has 4 rings (SSSR count). The van der Waals surface area contributed by atoms with Crippen LogP contribution < -0.4 is 19.7 Å². The second-order valence-corrected chi connectivity index (χ2v) is 6.84. The molecule has 0 bridgehead atoms. The quantitative estimate of drug-likeness (QED) is 0.874. The fourth-order valence-corrected chi connectivity index (χ4v) is 3.29. The van der Waals surface area contributed by atoms with Crippen LogP contribution in [0.2, 0.25) is 5.02 Å². The van der Waals surface area contributed by atoms with Gasteiger partial charge in [0.05, 0.1) is 0 Å². The number of urea groups is 1. The van der Waals surface area contributed by atoms with Crippen molar-refractivity contribution < 1.29 is 19.1 Å². The first kappa shape index (κ1) is 17.5. The van der Waals surface area contributed by atoms with E-state index in [4.69, 9.17) is 21.1 Å². The summed E-state index contributed by atoms with van der Waals surface area (Å²) in [6.45, 7) is 3.01. The van der Waals surface area contributed by atoms with Crippen molar-refractivity contribution in [2.24, 2.45) is 0 Å². The lowest BCUT2D eigenvalue weighted by molar-refractivity contribution is -0.116. The number of nitrogens with one attached hydrogen (secondary N) is 1. The first-order chi connectivity index (χ1) is 13.0. The molecule has 3 amide bonds. The normalized spacial score (nSPS) is 15.4. The highest BCUT2D eigenvalue weighted by Crippen LogP contribution is 2.36. The SMILES string of the molecule is Cc1ccc(Cl)cc1NC(=O)CN1CCN(c2ccc3c(c2)OCO3)C1=O. The number of nitrogens with zero attached hydrogens (tertiary/aromatic N) is 2. The first-order valence-electron chi connectivity index (χ1n) is 8.53. The molecular weight excluding hydrogens is 370 g/mol. The lowest BCUT2D eigenvalue weighted by atomic mass is 10.2. The highest BCUT2D eigenvalue weighted by molar-refractivity contribution is 6.31. The first-order valence-corrected chi connectivity index (χ1v) is 8.91. The van der Waals surface area contributed by atoms with Crippen molar-refractivity contribution in [1.82, 2.24) is 4.90 Å². The molecule has 8 heteroatoms. The molecule has 2 aromatic rings. The fourth-order valence-electron chi connectivity index (χ4n) is 3.11. The second-order valence-electron chi connectivity index (χ2n) is 6.40. The molecule has 2 aliphatic heterocycles. The standard InChI is InChI=1S/C19H18ClN3O4/c1-12-2-3-13(20)8-15(12)21-18(24)10-22-6-7-23(19(22)25)14-4-5-16-17(9-14)27-11-26-16/h2-5,8-9H,6-7,10-11H2,1H3,(H,21,24). The fraction of sp³-hybridized carbons (Fsp3) is 0.263. The molecule has 1 saturated heterocycles. The summed E-state index contributed by atoms with van der Waals surface area (Å²) in [5, 5.41) is 3.36. The van der Waals surface area contributed by atoms with Crippen molar-refractivity contribution in [3.05, 3.63) is 47.0 Å². The van der Waals surface area contributed by atoms with Crippen molar-refractivity contribution in [1.29, 1.82) is 0 Å². The number of aryl methyl sites for hydroxylation is 1. The van der Waals surface area contributed by atoms with Crippen molar-refractivity contribution in [3.63, 3.8) is 0 Å². The van der Waals surface area contributed by atoms with E-state index < -0.39 is 0 Å². The number of hydrogen-bond donors (Lipinski definition) is 1. The largest absolute Gasteiger partial charge is 0.454 e. The van der Waals surface area contributed by atoms with Crippen molar-refractivity contribution in [2.45, 2.75) is 6.92 Å². The summed E-state index contributed by atoms with van der Waals surface area (Å²) in [6.07, 6.45) is 0. The van der Waals surface area contributed by atoms with E-state index in [1.807, 2.05) is 19.1 Å². The molecule has 0 aliphatic carbocycles. The smallest absolute Gasteiger partial charge is 0.325 e. The van der Waals surface area contributed by atoms with Gasteiger partial charge in [-0.2, -0.15) is 0 Å². The molecule has 0 unspecified atom stereocenters. The number of halogens is 1. The predicted octanol–water partition coefficient (Wildman–Crippen LogP) is 3.26. The Morgan fingerprint density at radius 2 is 1.96 bits per heavy atom. The summed E-state index contributed by atoms with van der Waals surface area (Å²) in [5.74, 6) is 1.02. The highest BCUT2D eigenvalue weighted by atomic mass is 35.5. The average Bonchev–Trinajstić information content (AvgIpc) is 3.24. The third-order valence-electron chi connectivity index (χ3n) is 4.57. The third-order valence-corrected chi connectivity index (χ3v) is 4.81. The summed E-state index contributed by atoms with van der Waals surface area (Å²) >= 11 is 5.98. The minimum Gasteiger partial charge on any atom is -0.454 e. The predicted molar refractivity (Wildman–Crippen MR) is 102 cm³/mol. The molecule has 0 radical (unpaired) electrons. The summed E-state index contributed by atoms with van der Waals surface area (Å²) in [5.41, 5.74) is 2.27. The van der Waals surface area contributed by atoms with E-state index in [9.17, 15) is 9.59 Å². The van der Waals surface area contributed by atoms with Gasteiger partial charge in [0.1, 0.15) is 6.54 Å². The van der Waals surface area contributed by atoms with E-state index in [-0.39, 0.29) is 25.3 Å². The zero-order valence-electron chi connectivity index (χ0n) is 14.7. The van der Waals surface area contributed by atoms with Gasteiger partial charge >= 0.3 is 6.03 Å². The maximum absolute atomic E-state index is 12.7. The maximum atomic E-state index is 12.7. The Labute approximate surface area is 161 Å². The van der Waals surface area contributed by atoms with Crippen LogP contribution >= 0.6 is 11.6 Å². The topological polar surface area (TPSA) is 71.1 Å². The molecule has 0 saturated carbocycles. The number of amides is 3. The molecule has 27 heavy (non-hydrogen) atoms. The number of anilines is 2. The van der Waals surface area contributed by atoms with Gasteiger partial charge in [0.25, 0.3) is 0 Å². The van der Waals surface area contributed by atoms with Gasteiger partial charge in [-0.3, -0.25) is 9.69 Å². The second kappa shape index (κ2) is 7.00. The molecule has 7 nitrogen and oxygen atoms in total. The van der Waals surface area contributed by atoms with Gasteiger partial charge in [-0.25, -0.2) is 4.79 Å².